The molecule has 41 heavy (non-hydrogen) atoms. The third kappa shape index (κ3) is 9.47. The van der Waals surface area contributed by atoms with Crippen LogP contribution in [0.1, 0.15) is 104 Å². The molecule has 10 nitrogen and oxygen atoms in total. The standard InChI is InChI=1S/C21H20N2O5.C10H11NO2/c1-11(24)15-5-16(12(2)25)8-19(7-15)22-21(28)23-20-9-17(13(3)26)6-18(10-20)14(4)27;1-6(12)8-3-9(7(2)13)5-10(11)4-8/h5-10H,1-4H3,(H2,22,23,28);3-5H,11H2,1-2H3. The molecule has 0 saturated carbocycles. The van der Waals surface area contributed by atoms with E-state index in [1.807, 2.05) is 0 Å². The van der Waals surface area contributed by atoms with Gasteiger partial charge < -0.3 is 16.4 Å². The van der Waals surface area contributed by atoms with Gasteiger partial charge in [-0.15, -0.1) is 0 Å². The van der Waals surface area contributed by atoms with Gasteiger partial charge in [0.25, 0.3) is 0 Å². The average molecular weight is 558 g/mol. The second-order valence-corrected chi connectivity index (χ2v) is 9.36. The molecule has 4 N–H and O–H groups in total. The second kappa shape index (κ2) is 13.7. The molecule has 0 heterocycles. The number of hydrogen-bond donors (Lipinski definition) is 3. The molecule has 0 aliphatic rings. The van der Waals surface area contributed by atoms with E-state index in [9.17, 15) is 33.6 Å². The van der Waals surface area contributed by atoms with Gasteiger partial charge in [-0.2, -0.15) is 0 Å². The minimum Gasteiger partial charge on any atom is -0.399 e. The lowest BCUT2D eigenvalue weighted by molar-refractivity contribution is 0.0998. The predicted molar refractivity (Wildman–Crippen MR) is 156 cm³/mol. The van der Waals surface area contributed by atoms with Crippen LogP contribution in [-0.4, -0.2) is 40.7 Å². The summed E-state index contributed by atoms with van der Waals surface area (Å²) >= 11 is 0. The Balaban J connectivity index is 0.000000377. The summed E-state index contributed by atoms with van der Waals surface area (Å²) in [6, 6.07) is 12.8. The fraction of sp³-hybridized carbons (Fsp3) is 0.194. The van der Waals surface area contributed by atoms with Crippen molar-refractivity contribution in [1.82, 2.24) is 0 Å². The number of benzene rings is 3. The quantitative estimate of drug-likeness (QED) is 0.230. The summed E-state index contributed by atoms with van der Waals surface area (Å²) in [7, 11) is 0. The van der Waals surface area contributed by atoms with E-state index in [-0.39, 0.29) is 46.1 Å². The Hall–Kier alpha value is -5.25. The average Bonchev–Trinajstić information content (AvgIpc) is 2.87. The summed E-state index contributed by atoms with van der Waals surface area (Å²) < 4.78 is 0. The summed E-state index contributed by atoms with van der Waals surface area (Å²) in [6.07, 6.45) is 0. The van der Waals surface area contributed by atoms with E-state index >= 15 is 0 Å². The number of carbonyl (C=O) groups is 7. The molecular formula is C31H31N3O7. The molecular weight excluding hydrogens is 526 g/mol. The zero-order chi connectivity index (χ0) is 31.0. The van der Waals surface area contributed by atoms with Crippen LogP contribution in [0.4, 0.5) is 21.9 Å². The van der Waals surface area contributed by atoms with Gasteiger partial charge in [-0.25, -0.2) is 4.79 Å². The molecule has 3 aromatic rings. The summed E-state index contributed by atoms with van der Waals surface area (Å²) in [4.78, 5) is 80.9. The fourth-order valence-corrected chi connectivity index (χ4v) is 3.56. The summed E-state index contributed by atoms with van der Waals surface area (Å²) in [6.45, 7) is 8.33. The van der Waals surface area contributed by atoms with Crippen molar-refractivity contribution < 1.29 is 33.6 Å². The van der Waals surface area contributed by atoms with Crippen molar-refractivity contribution >= 4 is 57.8 Å². The number of anilines is 3. The summed E-state index contributed by atoms with van der Waals surface area (Å²) in [5.74, 6) is -1.15. The zero-order valence-corrected chi connectivity index (χ0v) is 23.6. The van der Waals surface area contributed by atoms with Crippen molar-refractivity contribution in [2.24, 2.45) is 0 Å². The van der Waals surface area contributed by atoms with E-state index in [4.69, 9.17) is 5.73 Å². The third-order valence-corrected chi connectivity index (χ3v) is 5.78. The molecule has 2 amide bonds. The van der Waals surface area contributed by atoms with E-state index in [2.05, 4.69) is 10.6 Å². The SMILES string of the molecule is CC(=O)c1cc(N)cc(C(C)=O)c1.CC(=O)c1cc(NC(=O)Nc2cc(C(C)=O)cc(C(C)=O)c2)cc(C(C)=O)c1. The highest BCUT2D eigenvalue weighted by molar-refractivity contribution is 6.06. The van der Waals surface area contributed by atoms with Gasteiger partial charge in [0.1, 0.15) is 0 Å². The van der Waals surface area contributed by atoms with Crippen LogP contribution in [-0.2, 0) is 0 Å². The largest absolute Gasteiger partial charge is 0.399 e. The topological polar surface area (TPSA) is 170 Å². The highest BCUT2D eigenvalue weighted by atomic mass is 16.2. The monoisotopic (exact) mass is 557 g/mol. The van der Waals surface area contributed by atoms with Crippen molar-refractivity contribution in [2.75, 3.05) is 16.4 Å². The van der Waals surface area contributed by atoms with Gasteiger partial charge in [-0.3, -0.25) is 28.8 Å². The first-order valence-corrected chi connectivity index (χ1v) is 12.4. The van der Waals surface area contributed by atoms with Crippen LogP contribution in [0.5, 0.6) is 0 Å². The number of Topliss-reactive ketones (excluding diaryl/α,β-unsaturated/α-hetero) is 6. The van der Waals surface area contributed by atoms with Crippen molar-refractivity contribution in [1.29, 1.82) is 0 Å². The van der Waals surface area contributed by atoms with Crippen LogP contribution < -0.4 is 16.4 Å². The maximum Gasteiger partial charge on any atom is 0.323 e. The van der Waals surface area contributed by atoms with Gasteiger partial charge in [-0.05, 0) is 96.1 Å². The van der Waals surface area contributed by atoms with Crippen LogP contribution in [0.15, 0.2) is 54.6 Å². The molecule has 0 saturated heterocycles. The van der Waals surface area contributed by atoms with E-state index in [1.54, 1.807) is 18.2 Å². The Morgan fingerprint density at radius 2 is 0.634 bits per heavy atom. The lowest BCUT2D eigenvalue weighted by atomic mass is 10.0. The Morgan fingerprint density at radius 3 is 0.854 bits per heavy atom. The zero-order valence-electron chi connectivity index (χ0n) is 23.6. The van der Waals surface area contributed by atoms with Gasteiger partial charge in [-0.1, -0.05) is 0 Å². The molecule has 3 rings (SSSR count). The summed E-state index contributed by atoms with van der Waals surface area (Å²) in [5.41, 5.74) is 8.63. The Bertz CT molecular complexity index is 1410. The first kappa shape index (κ1) is 32.0. The van der Waals surface area contributed by atoms with Gasteiger partial charge >= 0.3 is 6.03 Å². The van der Waals surface area contributed by atoms with Crippen LogP contribution in [0.25, 0.3) is 0 Å². The van der Waals surface area contributed by atoms with Crippen molar-refractivity contribution in [3.8, 4) is 0 Å². The number of urea groups is 1. The highest BCUT2D eigenvalue weighted by Crippen LogP contribution is 2.19. The van der Waals surface area contributed by atoms with Crippen LogP contribution >= 0.6 is 0 Å². The molecule has 0 radical (unpaired) electrons. The van der Waals surface area contributed by atoms with Crippen LogP contribution in [0, 0.1) is 0 Å². The Labute approximate surface area is 237 Å². The van der Waals surface area contributed by atoms with E-state index in [0.717, 1.165) is 0 Å². The minimum atomic E-state index is -0.648. The molecule has 0 aliphatic heterocycles. The predicted octanol–water partition coefficient (Wildman–Crippen LogP) is 5.82. The lowest BCUT2D eigenvalue weighted by Crippen LogP contribution is -2.20. The number of amides is 2. The van der Waals surface area contributed by atoms with Crippen molar-refractivity contribution in [2.45, 2.75) is 41.5 Å². The number of nitrogens with two attached hydrogens (primary N) is 1. The molecule has 3 aromatic carbocycles. The first-order valence-electron chi connectivity index (χ1n) is 12.4. The number of rotatable bonds is 8. The molecule has 10 heteroatoms. The molecule has 0 unspecified atom stereocenters. The number of ketones is 6. The third-order valence-electron chi connectivity index (χ3n) is 5.78. The van der Waals surface area contributed by atoms with E-state index < -0.39 is 6.03 Å². The van der Waals surface area contributed by atoms with E-state index in [0.29, 0.717) is 39.1 Å². The molecule has 0 spiro atoms. The van der Waals surface area contributed by atoms with Crippen LogP contribution in [0.3, 0.4) is 0 Å². The smallest absolute Gasteiger partial charge is 0.323 e. The fourth-order valence-electron chi connectivity index (χ4n) is 3.56. The van der Waals surface area contributed by atoms with Crippen molar-refractivity contribution in [3.63, 3.8) is 0 Å². The highest BCUT2D eigenvalue weighted by Gasteiger charge is 2.13. The molecule has 0 bridgehead atoms. The van der Waals surface area contributed by atoms with Crippen molar-refractivity contribution in [3.05, 3.63) is 88.0 Å². The van der Waals surface area contributed by atoms with Gasteiger partial charge in [0.15, 0.2) is 34.7 Å². The number of nitrogen functional groups attached to an aromatic ring is 1. The normalized spacial score (nSPS) is 10.0. The van der Waals surface area contributed by atoms with E-state index in [1.165, 1.54) is 77.9 Å². The molecule has 0 aliphatic carbocycles. The van der Waals surface area contributed by atoms with Gasteiger partial charge in [0.05, 0.1) is 0 Å². The number of hydrogen-bond acceptors (Lipinski definition) is 8. The maximum atomic E-state index is 12.3. The Morgan fingerprint density at radius 1 is 0.415 bits per heavy atom. The van der Waals surface area contributed by atoms with Gasteiger partial charge in [0, 0.05) is 50.4 Å². The Kier molecular flexibility index (Phi) is 10.7. The van der Waals surface area contributed by atoms with Gasteiger partial charge in [0.2, 0.25) is 0 Å². The van der Waals surface area contributed by atoms with Crippen LogP contribution in [0.2, 0.25) is 0 Å². The minimum absolute atomic E-state index is 0.0881. The molecule has 0 aromatic heterocycles. The number of nitrogens with one attached hydrogen (secondary N) is 2. The first-order chi connectivity index (χ1) is 19.1. The second-order valence-electron chi connectivity index (χ2n) is 9.36. The maximum absolute atomic E-state index is 12.3. The summed E-state index contributed by atoms with van der Waals surface area (Å²) in [5, 5.41) is 5.11. The molecule has 212 valence electrons. The molecule has 0 atom stereocenters. The molecule has 0 fully saturated rings. The lowest BCUT2D eigenvalue weighted by Gasteiger charge is -2.11. The number of carbonyl (C=O) groups excluding carboxylic acids is 7.